The van der Waals surface area contributed by atoms with Gasteiger partial charge in [-0.15, -0.1) is 0 Å². The van der Waals surface area contributed by atoms with Crippen LogP contribution in [0.3, 0.4) is 0 Å². The van der Waals surface area contributed by atoms with E-state index in [2.05, 4.69) is 5.32 Å². The van der Waals surface area contributed by atoms with E-state index in [0.717, 1.165) is 44.4 Å². The molecule has 5 heteroatoms. The number of methoxy groups -OCH3 is 1. The second kappa shape index (κ2) is 6.10. The van der Waals surface area contributed by atoms with E-state index in [4.69, 9.17) is 4.74 Å². The fourth-order valence-electron chi connectivity index (χ4n) is 3.68. The number of nitrogens with one attached hydrogen (secondary N) is 1. The lowest BCUT2D eigenvalue weighted by molar-refractivity contribution is 0.182. The van der Waals surface area contributed by atoms with Gasteiger partial charge in [0.05, 0.1) is 6.61 Å². The van der Waals surface area contributed by atoms with E-state index in [0.29, 0.717) is 11.2 Å². The van der Waals surface area contributed by atoms with Crippen molar-refractivity contribution in [2.24, 2.45) is 17.3 Å². The minimum atomic E-state index is -2.81. The molecule has 0 saturated heterocycles. The number of hydrogen-bond acceptors (Lipinski definition) is 4. The van der Waals surface area contributed by atoms with Crippen molar-refractivity contribution in [3.05, 3.63) is 0 Å². The van der Waals surface area contributed by atoms with Crippen LogP contribution in [0.4, 0.5) is 0 Å². The summed E-state index contributed by atoms with van der Waals surface area (Å²) in [6.07, 6.45) is 7.19. The Bertz CT molecular complexity index is 383. The molecule has 2 fully saturated rings. The van der Waals surface area contributed by atoms with E-state index >= 15 is 0 Å². The number of sulfone groups is 1. The van der Waals surface area contributed by atoms with Crippen molar-refractivity contribution in [3.8, 4) is 0 Å². The second-order valence-corrected chi connectivity index (χ2v) is 8.83. The van der Waals surface area contributed by atoms with E-state index in [1.54, 1.807) is 7.11 Å². The molecule has 0 aromatic carbocycles. The highest BCUT2D eigenvalue weighted by atomic mass is 32.2. The maximum absolute atomic E-state index is 11.2. The lowest BCUT2D eigenvalue weighted by Gasteiger charge is -2.31. The van der Waals surface area contributed by atoms with Gasteiger partial charge in [-0.1, -0.05) is 0 Å². The molecule has 1 N–H and O–H groups in total. The first-order chi connectivity index (χ1) is 8.94. The van der Waals surface area contributed by atoms with Crippen LogP contribution in [-0.2, 0) is 14.6 Å². The van der Waals surface area contributed by atoms with Gasteiger partial charge in [-0.05, 0) is 49.4 Å². The van der Waals surface area contributed by atoms with E-state index < -0.39 is 9.84 Å². The van der Waals surface area contributed by atoms with Crippen molar-refractivity contribution in [3.63, 3.8) is 0 Å². The standard InChI is InChI=1S/C14H27NO3S/c1-18-6-5-15-11-14(4-3-7-19(2,16)17)9-12-8-13(12)10-14/h12-13,15H,3-11H2,1-2H3. The molecule has 0 aromatic rings. The van der Waals surface area contributed by atoms with Gasteiger partial charge >= 0.3 is 0 Å². The Morgan fingerprint density at radius 2 is 2.00 bits per heavy atom. The normalized spacial score (nSPS) is 33.4. The van der Waals surface area contributed by atoms with Gasteiger partial charge in [-0.3, -0.25) is 0 Å². The van der Waals surface area contributed by atoms with E-state index in [1.807, 2.05) is 0 Å². The second-order valence-electron chi connectivity index (χ2n) is 6.57. The predicted molar refractivity (Wildman–Crippen MR) is 77.0 cm³/mol. The van der Waals surface area contributed by atoms with Crippen LogP contribution in [0, 0.1) is 17.3 Å². The lowest BCUT2D eigenvalue weighted by atomic mass is 9.79. The summed E-state index contributed by atoms with van der Waals surface area (Å²) >= 11 is 0. The average molecular weight is 289 g/mol. The zero-order valence-corrected chi connectivity index (χ0v) is 13.0. The maximum atomic E-state index is 11.2. The third-order valence-corrected chi connectivity index (χ3v) is 5.69. The zero-order chi connectivity index (χ0) is 13.9. The highest BCUT2D eigenvalue weighted by Crippen LogP contribution is 2.61. The fraction of sp³-hybridized carbons (Fsp3) is 1.00. The molecule has 2 saturated carbocycles. The number of ether oxygens (including phenoxy) is 1. The Hall–Kier alpha value is -0.130. The molecule has 112 valence electrons. The molecular formula is C14H27NO3S. The Morgan fingerprint density at radius 3 is 2.58 bits per heavy atom. The van der Waals surface area contributed by atoms with Crippen molar-refractivity contribution >= 4 is 9.84 Å². The minimum Gasteiger partial charge on any atom is -0.383 e. The molecule has 2 unspecified atom stereocenters. The van der Waals surface area contributed by atoms with Gasteiger partial charge < -0.3 is 10.1 Å². The molecule has 2 atom stereocenters. The fourth-order valence-corrected chi connectivity index (χ4v) is 4.35. The smallest absolute Gasteiger partial charge is 0.147 e. The summed E-state index contributed by atoms with van der Waals surface area (Å²) < 4.78 is 27.6. The van der Waals surface area contributed by atoms with Crippen LogP contribution >= 0.6 is 0 Å². The Labute approximate surface area is 117 Å². The Balaban J connectivity index is 1.78. The Kier molecular flexibility index (Phi) is 4.90. The van der Waals surface area contributed by atoms with Crippen LogP contribution in [0.25, 0.3) is 0 Å². The van der Waals surface area contributed by atoms with Gasteiger partial charge in [0.2, 0.25) is 0 Å². The first kappa shape index (κ1) is 15.3. The minimum absolute atomic E-state index is 0.335. The third-order valence-electron chi connectivity index (χ3n) is 4.66. The summed E-state index contributed by atoms with van der Waals surface area (Å²) in [5.41, 5.74) is 0.353. The molecule has 4 nitrogen and oxygen atoms in total. The summed E-state index contributed by atoms with van der Waals surface area (Å²) in [6, 6.07) is 0. The highest BCUT2D eigenvalue weighted by Gasteiger charge is 2.52. The van der Waals surface area contributed by atoms with Crippen molar-refractivity contribution in [2.75, 3.05) is 38.8 Å². The lowest BCUT2D eigenvalue weighted by Crippen LogP contribution is -2.35. The van der Waals surface area contributed by atoms with Gasteiger partial charge in [0.25, 0.3) is 0 Å². The predicted octanol–water partition coefficient (Wildman–Crippen LogP) is 1.46. The average Bonchev–Trinajstić information content (AvgIpc) is 2.92. The summed E-state index contributed by atoms with van der Waals surface area (Å²) in [5, 5.41) is 3.48. The molecular weight excluding hydrogens is 262 g/mol. The van der Waals surface area contributed by atoms with Gasteiger partial charge in [0.1, 0.15) is 9.84 Å². The van der Waals surface area contributed by atoms with Crippen LogP contribution in [0.15, 0.2) is 0 Å². The molecule has 0 amide bonds. The first-order valence-corrected chi connectivity index (χ1v) is 9.38. The molecule has 2 aliphatic carbocycles. The summed E-state index contributed by atoms with van der Waals surface area (Å²) in [7, 11) is -1.10. The van der Waals surface area contributed by atoms with Crippen LogP contribution in [0.1, 0.15) is 32.1 Å². The van der Waals surface area contributed by atoms with Crippen molar-refractivity contribution in [1.82, 2.24) is 5.32 Å². The molecule has 2 rings (SSSR count). The first-order valence-electron chi connectivity index (χ1n) is 7.31. The summed E-state index contributed by atoms with van der Waals surface area (Å²) in [6.45, 7) is 2.65. The van der Waals surface area contributed by atoms with E-state index in [1.165, 1.54) is 25.5 Å². The van der Waals surface area contributed by atoms with Crippen molar-refractivity contribution in [1.29, 1.82) is 0 Å². The molecule has 0 heterocycles. The molecule has 0 radical (unpaired) electrons. The van der Waals surface area contributed by atoms with E-state index in [-0.39, 0.29) is 0 Å². The molecule has 2 aliphatic rings. The highest BCUT2D eigenvalue weighted by molar-refractivity contribution is 7.90. The van der Waals surface area contributed by atoms with Crippen molar-refractivity contribution in [2.45, 2.75) is 32.1 Å². The van der Waals surface area contributed by atoms with Gasteiger partial charge in [0, 0.05) is 32.2 Å². The molecule has 0 bridgehead atoms. The largest absolute Gasteiger partial charge is 0.383 e. The monoisotopic (exact) mass is 289 g/mol. The third kappa shape index (κ3) is 4.72. The van der Waals surface area contributed by atoms with Crippen LogP contribution in [0.2, 0.25) is 0 Å². The van der Waals surface area contributed by atoms with Crippen LogP contribution in [-0.4, -0.2) is 47.2 Å². The SMILES string of the molecule is COCCNCC1(CCCS(C)(=O)=O)CC2CC2C1. The number of rotatable bonds is 9. The molecule has 19 heavy (non-hydrogen) atoms. The molecule has 0 spiro atoms. The van der Waals surface area contributed by atoms with Gasteiger partial charge in [-0.25, -0.2) is 8.42 Å². The van der Waals surface area contributed by atoms with Crippen LogP contribution < -0.4 is 5.32 Å². The number of fused-ring (bicyclic) bond motifs is 1. The number of hydrogen-bond donors (Lipinski definition) is 1. The zero-order valence-electron chi connectivity index (χ0n) is 12.2. The van der Waals surface area contributed by atoms with Crippen molar-refractivity contribution < 1.29 is 13.2 Å². The molecule has 0 aromatic heterocycles. The summed E-state index contributed by atoms with van der Waals surface area (Å²) in [4.78, 5) is 0. The topological polar surface area (TPSA) is 55.4 Å². The Morgan fingerprint density at radius 1 is 1.32 bits per heavy atom. The summed E-state index contributed by atoms with van der Waals surface area (Å²) in [5.74, 6) is 2.20. The van der Waals surface area contributed by atoms with Crippen LogP contribution in [0.5, 0.6) is 0 Å². The van der Waals surface area contributed by atoms with Gasteiger partial charge in [-0.2, -0.15) is 0 Å². The van der Waals surface area contributed by atoms with E-state index in [9.17, 15) is 8.42 Å². The van der Waals surface area contributed by atoms with Gasteiger partial charge in [0.15, 0.2) is 0 Å². The molecule has 0 aliphatic heterocycles. The maximum Gasteiger partial charge on any atom is 0.147 e. The quantitative estimate of drug-likeness (QED) is 0.653.